The Balaban J connectivity index is 1.85. The molecule has 0 bridgehead atoms. The molecule has 0 aromatic heterocycles. The minimum Gasteiger partial charge on any atom is -0.490 e. The van der Waals surface area contributed by atoms with Crippen molar-refractivity contribution in [2.24, 2.45) is 0 Å². The number of non-ortho nitro benzene ring substituents is 1. The number of nitriles is 1. The summed E-state index contributed by atoms with van der Waals surface area (Å²) < 4.78 is 25.2. The van der Waals surface area contributed by atoms with Gasteiger partial charge in [-0.2, -0.15) is 5.26 Å². The highest BCUT2D eigenvalue weighted by molar-refractivity contribution is 6.32. The van der Waals surface area contributed by atoms with Crippen LogP contribution in [0.5, 0.6) is 11.5 Å². The minimum atomic E-state index is -0.762. The fourth-order valence-electron chi connectivity index (χ4n) is 3.05. The Kier molecular flexibility index (Phi) is 8.38. The van der Waals surface area contributed by atoms with Crippen molar-refractivity contribution in [2.75, 3.05) is 11.9 Å². The van der Waals surface area contributed by atoms with E-state index in [1.807, 2.05) is 0 Å². The summed E-state index contributed by atoms with van der Waals surface area (Å²) >= 11 is 6.38. The molecule has 10 heteroatoms. The van der Waals surface area contributed by atoms with E-state index in [1.165, 1.54) is 48.5 Å². The molecule has 0 spiro atoms. The van der Waals surface area contributed by atoms with Crippen LogP contribution in [-0.2, 0) is 11.4 Å². The van der Waals surface area contributed by atoms with Gasteiger partial charge in [0.2, 0.25) is 0 Å². The number of halogens is 2. The van der Waals surface area contributed by atoms with Gasteiger partial charge < -0.3 is 14.8 Å². The molecule has 3 aromatic carbocycles. The van der Waals surface area contributed by atoms with Crippen LogP contribution >= 0.6 is 11.6 Å². The highest BCUT2D eigenvalue weighted by Gasteiger charge is 2.16. The third kappa shape index (κ3) is 6.56. The van der Waals surface area contributed by atoms with Crippen LogP contribution < -0.4 is 14.8 Å². The first-order chi connectivity index (χ1) is 16.8. The summed E-state index contributed by atoms with van der Waals surface area (Å²) in [4.78, 5) is 22.9. The third-order valence-electron chi connectivity index (χ3n) is 4.65. The summed E-state index contributed by atoms with van der Waals surface area (Å²) in [5, 5.41) is 23.0. The van der Waals surface area contributed by atoms with Gasteiger partial charge in [0.05, 0.1) is 16.6 Å². The molecule has 0 saturated carbocycles. The molecule has 0 heterocycles. The Morgan fingerprint density at radius 3 is 2.66 bits per heavy atom. The number of nitro benzene ring substituents is 1. The number of anilines is 1. The van der Waals surface area contributed by atoms with Gasteiger partial charge in [-0.05, 0) is 42.8 Å². The number of carbonyl (C=O) groups excluding carboxylic acids is 1. The monoisotopic (exact) mass is 495 g/mol. The lowest BCUT2D eigenvalue weighted by atomic mass is 10.1. The van der Waals surface area contributed by atoms with Gasteiger partial charge >= 0.3 is 0 Å². The van der Waals surface area contributed by atoms with E-state index in [0.717, 1.165) is 0 Å². The summed E-state index contributed by atoms with van der Waals surface area (Å²) in [6, 6.07) is 16.3. The predicted octanol–water partition coefficient (Wildman–Crippen LogP) is 5.91. The van der Waals surface area contributed by atoms with E-state index in [9.17, 15) is 24.6 Å². The van der Waals surface area contributed by atoms with Crippen LogP contribution in [0.25, 0.3) is 6.08 Å². The number of nitrogens with one attached hydrogen (secondary N) is 1. The predicted molar refractivity (Wildman–Crippen MR) is 129 cm³/mol. The molecule has 0 saturated heterocycles. The normalized spacial score (nSPS) is 10.9. The highest BCUT2D eigenvalue weighted by atomic mass is 35.5. The van der Waals surface area contributed by atoms with Gasteiger partial charge in [0.25, 0.3) is 11.6 Å². The maximum Gasteiger partial charge on any atom is 0.271 e. The van der Waals surface area contributed by atoms with Gasteiger partial charge in [0.1, 0.15) is 24.1 Å². The summed E-state index contributed by atoms with van der Waals surface area (Å²) in [5.41, 5.74) is 0.400. The lowest BCUT2D eigenvalue weighted by molar-refractivity contribution is -0.384. The number of ether oxygens (including phenoxy) is 2. The molecule has 0 atom stereocenters. The summed E-state index contributed by atoms with van der Waals surface area (Å²) in [6.07, 6.45) is 1.29. The average Bonchev–Trinajstić information content (AvgIpc) is 2.83. The summed E-state index contributed by atoms with van der Waals surface area (Å²) in [7, 11) is 0. The molecule has 0 fully saturated rings. The number of nitro groups is 1. The van der Waals surface area contributed by atoms with E-state index < -0.39 is 16.6 Å². The summed E-state index contributed by atoms with van der Waals surface area (Å²) in [5.74, 6) is -0.746. The second-order valence-electron chi connectivity index (χ2n) is 7.07. The quantitative estimate of drug-likeness (QED) is 0.171. The molecule has 0 radical (unpaired) electrons. The standard InChI is InChI=1S/C25H19ClFN3O5/c1-2-34-23-12-16(11-21(26)24(23)35-15-17-6-3-4-9-22(17)27)10-18(14-28)25(31)29-19-7-5-8-20(13-19)30(32)33/h3-13H,2,15H2,1H3,(H,29,31)/b18-10+. The molecule has 0 aliphatic carbocycles. The van der Waals surface area contributed by atoms with Gasteiger partial charge in [0.15, 0.2) is 11.5 Å². The zero-order valence-corrected chi connectivity index (χ0v) is 19.2. The van der Waals surface area contributed by atoms with Crippen molar-refractivity contribution in [3.63, 3.8) is 0 Å². The number of carbonyl (C=O) groups is 1. The van der Waals surface area contributed by atoms with Gasteiger partial charge in [-0.15, -0.1) is 0 Å². The summed E-state index contributed by atoms with van der Waals surface area (Å²) in [6.45, 7) is 1.94. The molecule has 3 rings (SSSR count). The van der Waals surface area contributed by atoms with Gasteiger partial charge in [0, 0.05) is 23.4 Å². The Bertz CT molecular complexity index is 1340. The molecule has 35 heavy (non-hydrogen) atoms. The molecule has 1 N–H and O–H groups in total. The largest absolute Gasteiger partial charge is 0.490 e. The van der Waals surface area contributed by atoms with Crippen LogP contribution in [0, 0.1) is 27.3 Å². The van der Waals surface area contributed by atoms with Crippen LogP contribution in [0.3, 0.4) is 0 Å². The van der Waals surface area contributed by atoms with Crippen LogP contribution in [-0.4, -0.2) is 17.4 Å². The van der Waals surface area contributed by atoms with E-state index in [-0.39, 0.29) is 46.7 Å². The maximum absolute atomic E-state index is 13.9. The fourth-order valence-corrected chi connectivity index (χ4v) is 3.32. The van der Waals surface area contributed by atoms with Gasteiger partial charge in [-0.1, -0.05) is 35.9 Å². The van der Waals surface area contributed by atoms with Crippen molar-refractivity contribution in [3.8, 4) is 17.6 Å². The molecule has 0 unspecified atom stereocenters. The van der Waals surface area contributed by atoms with E-state index in [2.05, 4.69) is 5.32 Å². The highest BCUT2D eigenvalue weighted by Crippen LogP contribution is 2.38. The number of hydrogen-bond donors (Lipinski definition) is 1. The molecular formula is C25H19ClFN3O5. The van der Waals surface area contributed by atoms with Crippen LogP contribution in [0.2, 0.25) is 5.02 Å². The van der Waals surface area contributed by atoms with Crippen LogP contribution in [0.1, 0.15) is 18.1 Å². The second kappa shape index (κ2) is 11.6. The fraction of sp³-hybridized carbons (Fsp3) is 0.120. The number of amides is 1. The smallest absolute Gasteiger partial charge is 0.271 e. The third-order valence-corrected chi connectivity index (χ3v) is 4.93. The first-order valence-electron chi connectivity index (χ1n) is 10.3. The van der Waals surface area contributed by atoms with Crippen LogP contribution in [0.15, 0.2) is 66.2 Å². The Hall–Kier alpha value is -4.42. The van der Waals surface area contributed by atoms with Crippen molar-refractivity contribution >= 4 is 35.0 Å². The Morgan fingerprint density at radius 2 is 1.97 bits per heavy atom. The lowest BCUT2D eigenvalue weighted by Gasteiger charge is -2.15. The van der Waals surface area contributed by atoms with Crippen molar-refractivity contribution in [2.45, 2.75) is 13.5 Å². The minimum absolute atomic E-state index is 0.0866. The van der Waals surface area contributed by atoms with E-state index in [4.69, 9.17) is 21.1 Å². The molecule has 0 aliphatic rings. The van der Waals surface area contributed by atoms with E-state index >= 15 is 0 Å². The van der Waals surface area contributed by atoms with Crippen molar-refractivity contribution in [3.05, 3.63) is 98.3 Å². The Labute approximate surface area is 205 Å². The van der Waals surface area contributed by atoms with Gasteiger partial charge in [-0.25, -0.2) is 4.39 Å². The first kappa shape index (κ1) is 25.2. The average molecular weight is 496 g/mol. The van der Waals surface area contributed by atoms with E-state index in [1.54, 1.807) is 31.2 Å². The zero-order chi connectivity index (χ0) is 25.4. The molecular weight excluding hydrogens is 477 g/mol. The molecule has 1 amide bonds. The maximum atomic E-state index is 13.9. The van der Waals surface area contributed by atoms with Crippen LogP contribution in [0.4, 0.5) is 15.8 Å². The van der Waals surface area contributed by atoms with Crippen molar-refractivity contribution < 1.29 is 23.6 Å². The van der Waals surface area contributed by atoms with Gasteiger partial charge in [-0.3, -0.25) is 14.9 Å². The van der Waals surface area contributed by atoms with Crippen molar-refractivity contribution in [1.29, 1.82) is 5.26 Å². The molecule has 178 valence electrons. The molecule has 0 aliphatic heterocycles. The zero-order valence-electron chi connectivity index (χ0n) is 18.5. The lowest BCUT2D eigenvalue weighted by Crippen LogP contribution is -2.13. The Morgan fingerprint density at radius 1 is 1.20 bits per heavy atom. The number of benzene rings is 3. The van der Waals surface area contributed by atoms with E-state index in [0.29, 0.717) is 11.1 Å². The number of hydrogen-bond acceptors (Lipinski definition) is 6. The van der Waals surface area contributed by atoms with Crippen molar-refractivity contribution in [1.82, 2.24) is 0 Å². The molecule has 8 nitrogen and oxygen atoms in total. The topological polar surface area (TPSA) is 114 Å². The number of nitrogens with zero attached hydrogens (tertiary/aromatic N) is 2. The number of rotatable bonds is 9. The SMILES string of the molecule is CCOc1cc(/C=C(\C#N)C(=O)Nc2cccc([N+](=O)[O-])c2)cc(Cl)c1OCc1ccccc1F. The first-order valence-corrected chi connectivity index (χ1v) is 10.7. The second-order valence-corrected chi connectivity index (χ2v) is 7.48. The molecule has 3 aromatic rings.